The van der Waals surface area contributed by atoms with Crippen LogP contribution in [0.1, 0.15) is 37.8 Å². The number of carbonyl (C=O) groups excluding carboxylic acids is 1. The highest BCUT2D eigenvalue weighted by Crippen LogP contribution is 2.16. The maximum atomic E-state index is 12.5. The Kier molecular flexibility index (Phi) is 5.59. The first-order valence-electron chi connectivity index (χ1n) is 8.67. The van der Waals surface area contributed by atoms with E-state index in [4.69, 9.17) is 0 Å². The van der Waals surface area contributed by atoms with Crippen LogP contribution in [0.15, 0.2) is 43.0 Å². The van der Waals surface area contributed by atoms with Gasteiger partial charge in [0.2, 0.25) is 5.91 Å². The van der Waals surface area contributed by atoms with Crippen molar-refractivity contribution in [2.45, 2.75) is 44.8 Å². The van der Waals surface area contributed by atoms with Gasteiger partial charge in [-0.25, -0.2) is 0 Å². The molecule has 1 aliphatic rings. The van der Waals surface area contributed by atoms with Gasteiger partial charge >= 0.3 is 0 Å². The second kappa shape index (κ2) is 8.06. The summed E-state index contributed by atoms with van der Waals surface area (Å²) in [6.45, 7) is 4.94. The molecular weight excluding hydrogens is 302 g/mol. The van der Waals surface area contributed by atoms with Crippen LogP contribution in [0, 0.1) is 0 Å². The van der Waals surface area contributed by atoms with Crippen LogP contribution in [0.2, 0.25) is 0 Å². The number of hydrogen-bond acceptors (Lipinski definition) is 4. The van der Waals surface area contributed by atoms with Gasteiger partial charge in [0.1, 0.15) is 6.04 Å². The van der Waals surface area contributed by atoms with Gasteiger partial charge in [-0.3, -0.25) is 19.4 Å². The smallest absolute Gasteiger partial charge is 0.245 e. The van der Waals surface area contributed by atoms with Gasteiger partial charge in [0.15, 0.2) is 0 Å². The predicted molar refractivity (Wildman–Crippen MR) is 92.2 cm³/mol. The molecular formula is C18H25N5O. The molecule has 1 N–H and O–H groups in total. The van der Waals surface area contributed by atoms with E-state index in [1.54, 1.807) is 17.1 Å². The first-order valence-corrected chi connectivity index (χ1v) is 8.67. The fourth-order valence-corrected chi connectivity index (χ4v) is 3.24. The van der Waals surface area contributed by atoms with E-state index in [0.29, 0.717) is 0 Å². The summed E-state index contributed by atoms with van der Waals surface area (Å²) < 4.78 is 1.74. The molecule has 1 amide bonds. The first-order chi connectivity index (χ1) is 11.8. The summed E-state index contributed by atoms with van der Waals surface area (Å²) in [5, 5.41) is 7.41. The number of nitrogens with one attached hydrogen (secondary N) is 1. The summed E-state index contributed by atoms with van der Waals surface area (Å²) in [5.41, 5.74) is 1.24. The normalized spacial score (nSPS) is 17.5. The van der Waals surface area contributed by atoms with Gasteiger partial charge in [0.25, 0.3) is 0 Å². The maximum absolute atomic E-state index is 12.5. The zero-order chi connectivity index (χ0) is 16.8. The summed E-state index contributed by atoms with van der Waals surface area (Å²) in [5.74, 6) is 0.0758. The van der Waals surface area contributed by atoms with Gasteiger partial charge in [-0.15, -0.1) is 0 Å². The molecule has 6 heteroatoms. The Morgan fingerprint density at radius 2 is 2.17 bits per heavy atom. The summed E-state index contributed by atoms with van der Waals surface area (Å²) >= 11 is 0. The maximum Gasteiger partial charge on any atom is 0.245 e. The summed E-state index contributed by atoms with van der Waals surface area (Å²) in [6, 6.07) is 5.98. The van der Waals surface area contributed by atoms with Crippen molar-refractivity contribution < 1.29 is 4.79 Å². The van der Waals surface area contributed by atoms with Crippen molar-refractivity contribution in [1.82, 2.24) is 25.0 Å². The predicted octanol–water partition coefficient (Wildman–Crippen LogP) is 2.01. The third kappa shape index (κ3) is 4.20. The fourth-order valence-electron chi connectivity index (χ4n) is 3.24. The van der Waals surface area contributed by atoms with Gasteiger partial charge < -0.3 is 5.32 Å². The van der Waals surface area contributed by atoms with E-state index in [2.05, 4.69) is 26.4 Å². The van der Waals surface area contributed by atoms with E-state index in [1.807, 2.05) is 31.5 Å². The molecule has 1 saturated heterocycles. The van der Waals surface area contributed by atoms with Crippen molar-refractivity contribution in [1.29, 1.82) is 0 Å². The SMILES string of the molecule is CC[C@@H](C(=O)NC1CCN(Cc2cccnc2)CC1)n1cccn1. The Balaban J connectivity index is 1.47. The molecule has 0 bridgehead atoms. The van der Waals surface area contributed by atoms with Crippen LogP contribution < -0.4 is 5.32 Å². The van der Waals surface area contributed by atoms with Crippen molar-refractivity contribution in [2.75, 3.05) is 13.1 Å². The van der Waals surface area contributed by atoms with Crippen molar-refractivity contribution in [2.24, 2.45) is 0 Å². The second-order valence-corrected chi connectivity index (χ2v) is 6.33. The highest BCUT2D eigenvalue weighted by Gasteiger charge is 2.25. The molecule has 2 aromatic rings. The van der Waals surface area contributed by atoms with Crippen LogP contribution in [-0.2, 0) is 11.3 Å². The third-order valence-electron chi connectivity index (χ3n) is 4.60. The molecule has 1 fully saturated rings. The number of likely N-dealkylation sites (tertiary alicyclic amines) is 1. The molecule has 0 radical (unpaired) electrons. The second-order valence-electron chi connectivity index (χ2n) is 6.33. The first kappa shape index (κ1) is 16.6. The number of piperidine rings is 1. The van der Waals surface area contributed by atoms with Gasteiger partial charge in [-0.1, -0.05) is 13.0 Å². The zero-order valence-corrected chi connectivity index (χ0v) is 14.1. The van der Waals surface area contributed by atoms with E-state index in [0.717, 1.165) is 38.9 Å². The molecule has 0 unspecified atom stereocenters. The minimum Gasteiger partial charge on any atom is -0.351 e. The van der Waals surface area contributed by atoms with Crippen LogP contribution in [0.5, 0.6) is 0 Å². The standard InChI is InChI=1S/C18H25N5O/c1-2-17(23-10-4-9-20-23)18(24)21-16-6-11-22(12-7-16)14-15-5-3-8-19-13-15/h3-5,8-10,13,16-17H,2,6-7,11-12,14H2,1H3,(H,21,24)/t17-/m0/s1. The van der Waals surface area contributed by atoms with Crippen molar-refractivity contribution in [3.63, 3.8) is 0 Å². The highest BCUT2D eigenvalue weighted by atomic mass is 16.2. The number of amides is 1. The Hall–Kier alpha value is -2.21. The van der Waals surface area contributed by atoms with Crippen molar-refractivity contribution in [3.05, 3.63) is 48.5 Å². The molecule has 6 nitrogen and oxygen atoms in total. The molecule has 128 valence electrons. The van der Waals surface area contributed by atoms with E-state index in [9.17, 15) is 4.79 Å². The monoisotopic (exact) mass is 327 g/mol. The van der Waals surface area contributed by atoms with Gasteiger partial charge in [-0.05, 0) is 37.0 Å². The van der Waals surface area contributed by atoms with Crippen LogP contribution >= 0.6 is 0 Å². The van der Waals surface area contributed by atoms with E-state index < -0.39 is 0 Å². The lowest BCUT2D eigenvalue weighted by Gasteiger charge is -2.33. The quantitative estimate of drug-likeness (QED) is 0.881. The van der Waals surface area contributed by atoms with E-state index in [1.165, 1.54) is 5.56 Å². The molecule has 24 heavy (non-hydrogen) atoms. The lowest BCUT2D eigenvalue weighted by molar-refractivity contribution is -0.125. The average Bonchev–Trinajstić information content (AvgIpc) is 3.12. The van der Waals surface area contributed by atoms with Crippen LogP contribution in [-0.4, -0.2) is 44.7 Å². The number of pyridine rings is 1. The lowest BCUT2D eigenvalue weighted by atomic mass is 10.0. The van der Waals surface area contributed by atoms with Crippen LogP contribution in [0.4, 0.5) is 0 Å². The molecule has 0 aromatic carbocycles. The third-order valence-corrected chi connectivity index (χ3v) is 4.60. The molecule has 2 aromatic heterocycles. The summed E-state index contributed by atoms with van der Waals surface area (Å²) in [7, 11) is 0. The van der Waals surface area contributed by atoms with Gasteiger partial charge in [-0.2, -0.15) is 5.10 Å². The number of carbonyl (C=O) groups is 1. The Bertz CT molecular complexity index is 620. The summed E-state index contributed by atoms with van der Waals surface area (Å²) in [6.07, 6.45) is 10.0. The van der Waals surface area contributed by atoms with E-state index in [-0.39, 0.29) is 18.0 Å². The van der Waals surface area contributed by atoms with Crippen LogP contribution in [0.25, 0.3) is 0 Å². The van der Waals surface area contributed by atoms with Crippen molar-refractivity contribution >= 4 is 5.91 Å². The minimum atomic E-state index is -0.214. The zero-order valence-electron chi connectivity index (χ0n) is 14.1. The van der Waals surface area contributed by atoms with Gasteiger partial charge in [0.05, 0.1) is 0 Å². The number of rotatable bonds is 6. The Morgan fingerprint density at radius 3 is 2.79 bits per heavy atom. The molecule has 0 aliphatic carbocycles. The highest BCUT2D eigenvalue weighted by molar-refractivity contribution is 5.80. The minimum absolute atomic E-state index is 0.0758. The fraction of sp³-hybridized carbons (Fsp3) is 0.500. The molecule has 1 atom stereocenters. The Labute approximate surface area is 142 Å². The van der Waals surface area contributed by atoms with Crippen LogP contribution in [0.3, 0.4) is 0 Å². The van der Waals surface area contributed by atoms with Gasteiger partial charge in [0, 0.05) is 50.5 Å². The molecule has 3 heterocycles. The topological polar surface area (TPSA) is 63.1 Å². The Morgan fingerprint density at radius 1 is 1.33 bits per heavy atom. The largest absolute Gasteiger partial charge is 0.351 e. The lowest BCUT2D eigenvalue weighted by Crippen LogP contribution is -2.46. The molecule has 0 saturated carbocycles. The number of nitrogens with zero attached hydrogens (tertiary/aromatic N) is 4. The molecule has 0 spiro atoms. The van der Waals surface area contributed by atoms with E-state index >= 15 is 0 Å². The number of aromatic nitrogens is 3. The van der Waals surface area contributed by atoms with Crippen molar-refractivity contribution in [3.8, 4) is 0 Å². The summed E-state index contributed by atoms with van der Waals surface area (Å²) in [4.78, 5) is 19.1. The average molecular weight is 327 g/mol. The number of hydrogen-bond donors (Lipinski definition) is 1. The molecule has 1 aliphatic heterocycles. The molecule has 3 rings (SSSR count).